The molecule has 0 fully saturated rings. The van der Waals surface area contributed by atoms with Gasteiger partial charge >= 0.3 is 6.01 Å². The summed E-state index contributed by atoms with van der Waals surface area (Å²) in [5, 5.41) is 16.2. The summed E-state index contributed by atoms with van der Waals surface area (Å²) in [4.78, 5) is 12.5. The molecule has 1 rings (SSSR count). The lowest BCUT2D eigenvalue weighted by atomic mass is 10.0. The van der Waals surface area contributed by atoms with Crippen molar-refractivity contribution >= 4 is 11.9 Å². The summed E-state index contributed by atoms with van der Waals surface area (Å²) >= 11 is 0. The highest BCUT2D eigenvalue weighted by Gasteiger charge is 2.19. The lowest BCUT2D eigenvalue weighted by molar-refractivity contribution is 0.0635. The number of hydrogen-bond acceptors (Lipinski definition) is 7. The summed E-state index contributed by atoms with van der Waals surface area (Å²) in [6, 6.07) is 0.247. The predicted octanol–water partition coefficient (Wildman–Crippen LogP) is 1.67. The molecule has 1 aromatic heterocycles. The molecule has 0 aliphatic carbocycles. The minimum absolute atomic E-state index is 0.247. The van der Waals surface area contributed by atoms with Crippen molar-refractivity contribution < 1.29 is 9.84 Å². The number of nitrogens with one attached hydrogen (secondary N) is 2. The summed E-state index contributed by atoms with van der Waals surface area (Å²) in [6.45, 7) is 7.04. The first kappa shape index (κ1) is 16.4. The van der Waals surface area contributed by atoms with E-state index in [1.54, 1.807) is 6.92 Å². The zero-order valence-electron chi connectivity index (χ0n) is 12.7. The molecule has 0 aliphatic heterocycles. The minimum Gasteiger partial charge on any atom is -0.467 e. The largest absolute Gasteiger partial charge is 0.467 e. The maximum Gasteiger partial charge on any atom is 0.322 e. The van der Waals surface area contributed by atoms with Crippen LogP contribution in [0, 0.1) is 0 Å². The molecule has 0 saturated carbocycles. The molecule has 0 aromatic carbocycles. The van der Waals surface area contributed by atoms with Crippen molar-refractivity contribution in [3.8, 4) is 6.01 Å². The van der Waals surface area contributed by atoms with Gasteiger partial charge in [-0.05, 0) is 19.8 Å². The fraction of sp³-hybridized carbons (Fsp3) is 0.769. The topological polar surface area (TPSA) is 92.2 Å². The number of ether oxygens (including phenoxy) is 1. The van der Waals surface area contributed by atoms with E-state index in [-0.39, 0.29) is 6.01 Å². The maximum absolute atomic E-state index is 10.1. The van der Waals surface area contributed by atoms with Gasteiger partial charge < -0.3 is 20.5 Å². The van der Waals surface area contributed by atoms with Crippen LogP contribution in [-0.2, 0) is 0 Å². The second-order valence-electron chi connectivity index (χ2n) is 5.00. The first-order valence-corrected chi connectivity index (χ1v) is 7.01. The molecule has 0 aliphatic rings. The summed E-state index contributed by atoms with van der Waals surface area (Å²) < 4.78 is 5.05. The van der Waals surface area contributed by atoms with Crippen molar-refractivity contribution in [3.05, 3.63) is 0 Å². The first-order valence-electron chi connectivity index (χ1n) is 7.01. The van der Waals surface area contributed by atoms with Crippen LogP contribution in [0.4, 0.5) is 11.9 Å². The number of methoxy groups -OCH3 is 1. The van der Waals surface area contributed by atoms with Crippen molar-refractivity contribution in [2.45, 2.75) is 45.6 Å². The smallest absolute Gasteiger partial charge is 0.322 e. The average Bonchev–Trinajstić information content (AvgIpc) is 2.43. The molecule has 3 N–H and O–H groups in total. The van der Waals surface area contributed by atoms with Gasteiger partial charge in [0.05, 0.1) is 12.7 Å². The van der Waals surface area contributed by atoms with E-state index in [2.05, 4.69) is 32.5 Å². The van der Waals surface area contributed by atoms with E-state index < -0.39 is 5.60 Å². The first-order chi connectivity index (χ1) is 9.50. The van der Waals surface area contributed by atoms with Gasteiger partial charge in [-0.1, -0.05) is 20.3 Å². The number of aromatic nitrogens is 3. The highest BCUT2D eigenvalue weighted by molar-refractivity contribution is 5.36. The second-order valence-corrected chi connectivity index (χ2v) is 5.00. The number of rotatable bonds is 9. The molecule has 1 heterocycles. The molecule has 1 aromatic rings. The van der Waals surface area contributed by atoms with Gasteiger partial charge in [0.1, 0.15) is 0 Å². The van der Waals surface area contributed by atoms with E-state index in [1.165, 1.54) is 7.11 Å². The molecule has 0 bridgehead atoms. The number of anilines is 2. The van der Waals surface area contributed by atoms with E-state index in [9.17, 15) is 5.11 Å². The standard InChI is InChI=1S/C13H25N5O2/c1-5-7-13(3,19)9-15-11-16-10(14-8-6-2)17-12(18-11)20-4/h19H,5-9H2,1-4H3,(H2,14,15,16,17,18). The Morgan fingerprint density at radius 3 is 2.30 bits per heavy atom. The Kier molecular flexibility index (Phi) is 6.44. The van der Waals surface area contributed by atoms with Crippen molar-refractivity contribution in [2.75, 3.05) is 30.8 Å². The highest BCUT2D eigenvalue weighted by atomic mass is 16.5. The van der Waals surface area contributed by atoms with E-state index in [1.807, 2.05) is 6.92 Å². The summed E-state index contributed by atoms with van der Waals surface area (Å²) in [5.74, 6) is 0.864. The fourth-order valence-corrected chi connectivity index (χ4v) is 1.74. The number of hydrogen-bond donors (Lipinski definition) is 3. The second kappa shape index (κ2) is 7.84. The number of aliphatic hydroxyl groups is 1. The molecular formula is C13H25N5O2. The lowest BCUT2D eigenvalue weighted by Gasteiger charge is -2.22. The predicted molar refractivity (Wildman–Crippen MR) is 79.2 cm³/mol. The molecule has 1 unspecified atom stereocenters. The van der Waals surface area contributed by atoms with Crippen molar-refractivity contribution in [1.82, 2.24) is 15.0 Å². The van der Waals surface area contributed by atoms with Gasteiger partial charge in [-0.3, -0.25) is 0 Å². The van der Waals surface area contributed by atoms with Crippen LogP contribution in [0.25, 0.3) is 0 Å². The van der Waals surface area contributed by atoms with Crippen LogP contribution in [0.5, 0.6) is 6.01 Å². The third-order valence-corrected chi connectivity index (χ3v) is 2.75. The van der Waals surface area contributed by atoms with Crippen LogP contribution in [-0.4, -0.2) is 45.9 Å². The van der Waals surface area contributed by atoms with Gasteiger partial charge in [-0.25, -0.2) is 0 Å². The molecule has 0 spiro atoms. The van der Waals surface area contributed by atoms with Crippen LogP contribution in [0.15, 0.2) is 0 Å². The third-order valence-electron chi connectivity index (χ3n) is 2.75. The van der Waals surface area contributed by atoms with Crippen LogP contribution in [0.1, 0.15) is 40.0 Å². The monoisotopic (exact) mass is 283 g/mol. The van der Waals surface area contributed by atoms with Crippen molar-refractivity contribution in [1.29, 1.82) is 0 Å². The minimum atomic E-state index is -0.786. The molecule has 0 amide bonds. The van der Waals surface area contributed by atoms with Gasteiger partial charge in [0.15, 0.2) is 0 Å². The van der Waals surface area contributed by atoms with Crippen molar-refractivity contribution in [2.24, 2.45) is 0 Å². The van der Waals surface area contributed by atoms with E-state index in [4.69, 9.17) is 4.74 Å². The highest BCUT2D eigenvalue weighted by Crippen LogP contribution is 2.15. The van der Waals surface area contributed by atoms with E-state index in [0.717, 1.165) is 19.4 Å². The van der Waals surface area contributed by atoms with Crippen LogP contribution in [0.3, 0.4) is 0 Å². The molecule has 20 heavy (non-hydrogen) atoms. The normalized spacial score (nSPS) is 13.7. The van der Waals surface area contributed by atoms with Crippen LogP contribution < -0.4 is 15.4 Å². The third kappa shape index (κ3) is 5.56. The SMILES string of the molecule is CCCNc1nc(NCC(C)(O)CCC)nc(OC)n1. The lowest BCUT2D eigenvalue weighted by Crippen LogP contribution is -2.33. The molecule has 0 saturated heterocycles. The van der Waals surface area contributed by atoms with Gasteiger partial charge in [-0.15, -0.1) is 0 Å². The van der Waals surface area contributed by atoms with Gasteiger partial charge in [-0.2, -0.15) is 15.0 Å². The Labute approximate surface area is 120 Å². The van der Waals surface area contributed by atoms with Crippen LogP contribution in [0.2, 0.25) is 0 Å². The Morgan fingerprint density at radius 2 is 1.75 bits per heavy atom. The van der Waals surface area contributed by atoms with Crippen LogP contribution >= 0.6 is 0 Å². The fourth-order valence-electron chi connectivity index (χ4n) is 1.74. The van der Waals surface area contributed by atoms with E-state index in [0.29, 0.717) is 24.9 Å². The molecule has 7 nitrogen and oxygen atoms in total. The maximum atomic E-state index is 10.1. The summed E-state index contributed by atoms with van der Waals surface area (Å²) in [7, 11) is 1.51. The Balaban J connectivity index is 2.73. The van der Waals surface area contributed by atoms with Gasteiger partial charge in [0, 0.05) is 13.1 Å². The van der Waals surface area contributed by atoms with E-state index >= 15 is 0 Å². The quantitative estimate of drug-likeness (QED) is 0.634. The average molecular weight is 283 g/mol. The number of nitrogens with zero attached hydrogens (tertiary/aromatic N) is 3. The Bertz CT molecular complexity index is 412. The summed E-state index contributed by atoms with van der Waals surface area (Å²) in [5.41, 5.74) is -0.786. The van der Waals surface area contributed by atoms with Gasteiger partial charge in [0.25, 0.3) is 0 Å². The zero-order valence-corrected chi connectivity index (χ0v) is 12.7. The molecular weight excluding hydrogens is 258 g/mol. The Morgan fingerprint density at radius 1 is 1.10 bits per heavy atom. The Hall–Kier alpha value is -1.63. The van der Waals surface area contributed by atoms with Crippen molar-refractivity contribution in [3.63, 3.8) is 0 Å². The molecule has 7 heteroatoms. The molecule has 114 valence electrons. The summed E-state index contributed by atoms with van der Waals surface area (Å²) in [6.07, 6.45) is 2.60. The molecule has 0 radical (unpaired) electrons. The molecule has 1 atom stereocenters. The zero-order chi connectivity index (χ0) is 15.0. The van der Waals surface area contributed by atoms with Gasteiger partial charge in [0.2, 0.25) is 11.9 Å².